The van der Waals surface area contributed by atoms with Crippen molar-refractivity contribution in [1.82, 2.24) is 10.6 Å². The summed E-state index contributed by atoms with van der Waals surface area (Å²) in [4.78, 5) is 12.1. The first-order chi connectivity index (χ1) is 11.7. The highest BCUT2D eigenvalue weighted by Gasteiger charge is 2.19. The number of amides is 1. The van der Waals surface area contributed by atoms with Gasteiger partial charge in [-0.2, -0.15) is 5.10 Å². The van der Waals surface area contributed by atoms with Gasteiger partial charge < -0.3 is 5.21 Å². The van der Waals surface area contributed by atoms with Gasteiger partial charge in [-0.05, 0) is 10.5 Å². The number of hydrogen-bond donors (Lipinski definition) is 1. The van der Waals surface area contributed by atoms with E-state index in [9.17, 15) is 10.0 Å². The molecule has 120 valence electrons. The van der Waals surface area contributed by atoms with Crippen molar-refractivity contribution < 1.29 is 14.3 Å². The number of carbonyl (C=O) groups excluding carboxylic acids is 1. The zero-order valence-electron chi connectivity index (χ0n) is 12.6. The molecule has 1 amide bonds. The molecule has 1 N–H and O–H groups in total. The Morgan fingerprint density at radius 2 is 1.83 bits per heavy atom. The largest absolute Gasteiger partial charge is 0.359 e. The maximum atomic E-state index is 11.8. The fraction of sp³-hybridized carbons (Fsp3) is 0.0588. The lowest BCUT2D eigenvalue weighted by Crippen LogP contribution is -2.29. The molecule has 0 atom stereocenters. The molecule has 1 aromatic heterocycles. The molecule has 0 bridgehead atoms. The van der Waals surface area contributed by atoms with Crippen LogP contribution in [-0.4, -0.2) is 17.3 Å². The second-order valence-corrected chi connectivity index (χ2v) is 4.99. The van der Waals surface area contributed by atoms with Gasteiger partial charge in [-0.3, -0.25) is 9.42 Å². The first kappa shape index (κ1) is 15.4. The van der Waals surface area contributed by atoms with Crippen LogP contribution in [0.25, 0.3) is 11.3 Å². The van der Waals surface area contributed by atoms with Crippen molar-refractivity contribution in [2.45, 2.75) is 6.42 Å². The molecule has 7 nitrogen and oxygen atoms in total. The van der Waals surface area contributed by atoms with Crippen LogP contribution in [0.1, 0.15) is 11.3 Å². The monoisotopic (exact) mass is 322 g/mol. The van der Waals surface area contributed by atoms with Gasteiger partial charge in [-0.15, -0.1) is 0 Å². The molecule has 0 saturated carbocycles. The number of nitrogens with zero attached hydrogens (tertiary/aromatic N) is 3. The second-order valence-electron chi connectivity index (χ2n) is 4.99. The van der Waals surface area contributed by atoms with E-state index in [0.717, 1.165) is 5.56 Å². The van der Waals surface area contributed by atoms with Crippen LogP contribution in [0.4, 0.5) is 0 Å². The zero-order valence-corrected chi connectivity index (χ0v) is 12.6. The Balaban J connectivity index is 1.69. The minimum absolute atomic E-state index is 0.112. The van der Waals surface area contributed by atoms with E-state index in [1.165, 1.54) is 6.21 Å². The van der Waals surface area contributed by atoms with Crippen LogP contribution < -0.4 is 10.3 Å². The SMILES string of the molecule is O=C(Cc1ccccc1)N/N=C/c1c(-c2ccccc2)no[n+]1[O-]. The molecule has 0 aliphatic carbocycles. The van der Waals surface area contributed by atoms with Gasteiger partial charge in [0.15, 0.2) is 0 Å². The van der Waals surface area contributed by atoms with Crippen LogP contribution in [0.3, 0.4) is 0 Å². The Morgan fingerprint density at radius 3 is 2.54 bits per heavy atom. The van der Waals surface area contributed by atoms with Crippen LogP contribution >= 0.6 is 0 Å². The molecule has 7 heteroatoms. The van der Waals surface area contributed by atoms with Crippen LogP contribution in [0.5, 0.6) is 0 Å². The van der Waals surface area contributed by atoms with Crippen molar-refractivity contribution in [1.29, 1.82) is 0 Å². The fourth-order valence-corrected chi connectivity index (χ4v) is 2.15. The number of hydrogen-bond acceptors (Lipinski definition) is 5. The summed E-state index contributed by atoms with van der Waals surface area (Å²) in [5, 5.41) is 19.2. The Morgan fingerprint density at radius 1 is 1.17 bits per heavy atom. The van der Waals surface area contributed by atoms with Gasteiger partial charge in [-0.1, -0.05) is 60.7 Å². The molecule has 0 aliphatic heterocycles. The lowest BCUT2D eigenvalue weighted by molar-refractivity contribution is -0.803. The van der Waals surface area contributed by atoms with Crippen molar-refractivity contribution in [2.75, 3.05) is 0 Å². The van der Waals surface area contributed by atoms with E-state index in [2.05, 4.69) is 20.3 Å². The number of rotatable bonds is 5. The average molecular weight is 322 g/mol. The van der Waals surface area contributed by atoms with Crippen LogP contribution in [-0.2, 0) is 11.2 Å². The summed E-state index contributed by atoms with van der Waals surface area (Å²) in [5.74, 6) is -0.285. The van der Waals surface area contributed by atoms with Crippen LogP contribution in [0.2, 0.25) is 0 Å². The third kappa shape index (κ3) is 3.64. The van der Waals surface area contributed by atoms with E-state index < -0.39 is 0 Å². The summed E-state index contributed by atoms with van der Waals surface area (Å²) in [7, 11) is 0. The second kappa shape index (κ2) is 7.19. The molecule has 0 spiro atoms. The minimum Gasteiger partial charge on any atom is -0.359 e. The highest BCUT2D eigenvalue weighted by Crippen LogP contribution is 2.17. The molecule has 0 unspecified atom stereocenters. The molecule has 0 aliphatic rings. The van der Waals surface area contributed by atoms with Crippen LogP contribution in [0, 0.1) is 5.21 Å². The van der Waals surface area contributed by atoms with E-state index in [1.54, 1.807) is 12.1 Å². The number of hydrazone groups is 1. The third-order valence-electron chi connectivity index (χ3n) is 3.28. The van der Waals surface area contributed by atoms with Gasteiger partial charge in [0.25, 0.3) is 5.69 Å². The van der Waals surface area contributed by atoms with E-state index in [-0.39, 0.29) is 22.9 Å². The topological polar surface area (TPSA) is 94.4 Å². The predicted octanol–water partition coefficient (Wildman–Crippen LogP) is 1.67. The van der Waals surface area contributed by atoms with Gasteiger partial charge in [0, 0.05) is 10.7 Å². The molecule has 1 heterocycles. The summed E-state index contributed by atoms with van der Waals surface area (Å²) in [6.45, 7) is 0. The van der Waals surface area contributed by atoms with E-state index >= 15 is 0 Å². The fourth-order valence-electron chi connectivity index (χ4n) is 2.15. The molecule has 0 radical (unpaired) electrons. The maximum absolute atomic E-state index is 11.8. The van der Waals surface area contributed by atoms with E-state index in [0.29, 0.717) is 11.3 Å². The van der Waals surface area contributed by atoms with Crippen molar-refractivity contribution >= 4 is 12.1 Å². The Bertz CT molecular complexity index is 845. The molecule has 3 rings (SSSR count). The number of carbonyl (C=O) groups is 1. The standard InChI is InChI=1S/C17H14N4O3/c22-16(11-13-7-3-1-4-8-13)19-18-12-15-17(20-24-21(15)23)14-9-5-2-6-10-14/h1-10,12H,11H2,(H,19,22)/b18-12+. The lowest BCUT2D eigenvalue weighted by Gasteiger charge is -1.99. The van der Waals surface area contributed by atoms with Crippen molar-refractivity contribution in [3.63, 3.8) is 0 Å². The number of nitrogens with one attached hydrogen (secondary N) is 1. The molecule has 0 fully saturated rings. The summed E-state index contributed by atoms with van der Waals surface area (Å²) < 4.78 is 4.61. The van der Waals surface area contributed by atoms with Gasteiger partial charge in [0.1, 0.15) is 6.21 Å². The van der Waals surface area contributed by atoms with Crippen molar-refractivity contribution in [3.8, 4) is 11.3 Å². The number of aromatic nitrogens is 2. The van der Waals surface area contributed by atoms with Crippen molar-refractivity contribution in [3.05, 3.63) is 77.1 Å². The molecule has 2 aromatic carbocycles. The summed E-state index contributed by atoms with van der Waals surface area (Å²) in [5.41, 5.74) is 4.44. The molecular weight excluding hydrogens is 308 g/mol. The van der Waals surface area contributed by atoms with Crippen LogP contribution in [0.15, 0.2) is 70.4 Å². The quantitative estimate of drug-likeness (QED) is 0.439. The first-order valence-electron chi connectivity index (χ1n) is 7.25. The molecule has 24 heavy (non-hydrogen) atoms. The Kier molecular flexibility index (Phi) is 4.62. The van der Waals surface area contributed by atoms with Gasteiger partial charge >= 0.3 is 0 Å². The average Bonchev–Trinajstić information content (AvgIpc) is 2.97. The Hall–Kier alpha value is -3.48. The zero-order chi connectivity index (χ0) is 16.8. The molecule has 0 saturated heterocycles. The maximum Gasteiger partial charge on any atom is 0.257 e. The van der Waals surface area contributed by atoms with Gasteiger partial charge in [0.05, 0.1) is 6.42 Å². The Labute approximate surface area is 137 Å². The van der Waals surface area contributed by atoms with Gasteiger partial charge in [-0.25, -0.2) is 5.43 Å². The highest BCUT2D eigenvalue weighted by molar-refractivity contribution is 5.86. The highest BCUT2D eigenvalue weighted by atomic mass is 16.8. The smallest absolute Gasteiger partial charge is 0.257 e. The number of benzene rings is 2. The third-order valence-corrected chi connectivity index (χ3v) is 3.28. The van der Waals surface area contributed by atoms with E-state index in [1.807, 2.05) is 48.5 Å². The summed E-state index contributed by atoms with van der Waals surface area (Å²) >= 11 is 0. The summed E-state index contributed by atoms with van der Waals surface area (Å²) in [6, 6.07) is 18.4. The first-order valence-corrected chi connectivity index (χ1v) is 7.25. The molecule has 3 aromatic rings. The minimum atomic E-state index is -0.285. The molecular formula is C17H14N4O3. The normalized spacial score (nSPS) is 10.8. The van der Waals surface area contributed by atoms with Crippen molar-refractivity contribution in [2.24, 2.45) is 5.10 Å². The van der Waals surface area contributed by atoms with Gasteiger partial charge in [0.2, 0.25) is 11.6 Å². The predicted molar refractivity (Wildman–Crippen MR) is 86.8 cm³/mol. The lowest BCUT2D eigenvalue weighted by atomic mass is 10.1. The summed E-state index contributed by atoms with van der Waals surface area (Å²) in [6.07, 6.45) is 1.42. The van der Waals surface area contributed by atoms with E-state index in [4.69, 9.17) is 0 Å².